The summed E-state index contributed by atoms with van der Waals surface area (Å²) in [5, 5.41) is 0. The van der Waals surface area contributed by atoms with Crippen molar-refractivity contribution in [1.29, 1.82) is 0 Å². The number of ether oxygens (including phenoxy) is 3. The maximum atomic E-state index is 12.8. The highest BCUT2D eigenvalue weighted by Crippen LogP contribution is 2.16. The van der Waals surface area contributed by atoms with Crippen molar-refractivity contribution in [2.75, 3.05) is 13.2 Å². The topological polar surface area (TPSA) is 78.9 Å². The third kappa shape index (κ3) is 66.5. The van der Waals surface area contributed by atoms with Gasteiger partial charge in [-0.1, -0.05) is 303 Å². The second-order valence-corrected chi connectivity index (χ2v) is 22.4. The molecule has 0 radical (unpaired) electrons. The Bertz CT molecular complexity index is 1670. The summed E-state index contributed by atoms with van der Waals surface area (Å²) >= 11 is 0. The molecule has 0 spiro atoms. The minimum absolute atomic E-state index is 0.0918. The minimum atomic E-state index is -0.795. The molecule has 6 nitrogen and oxygen atoms in total. The average molecular weight is 1120 g/mol. The zero-order valence-electron chi connectivity index (χ0n) is 53.0. The third-order valence-electron chi connectivity index (χ3n) is 14.5. The zero-order valence-corrected chi connectivity index (χ0v) is 53.0. The van der Waals surface area contributed by atoms with Crippen LogP contribution in [0.15, 0.2) is 122 Å². The van der Waals surface area contributed by atoms with Gasteiger partial charge >= 0.3 is 17.9 Å². The first-order valence-electron chi connectivity index (χ1n) is 34.0. The molecule has 0 N–H and O–H groups in total. The van der Waals surface area contributed by atoms with Crippen LogP contribution in [-0.4, -0.2) is 37.2 Å². The first-order chi connectivity index (χ1) is 40.0. The molecule has 0 bridgehead atoms. The lowest BCUT2D eigenvalue weighted by Crippen LogP contribution is -2.30. The molecule has 462 valence electrons. The van der Waals surface area contributed by atoms with Crippen LogP contribution in [-0.2, 0) is 28.6 Å². The monoisotopic (exact) mass is 1120 g/mol. The van der Waals surface area contributed by atoms with E-state index < -0.39 is 6.10 Å². The molecule has 0 aliphatic rings. The Kier molecular flexibility index (Phi) is 64.8. The number of carbonyl (C=O) groups is 3. The lowest BCUT2D eigenvalue weighted by atomic mass is 10.0. The summed E-state index contributed by atoms with van der Waals surface area (Å²) in [4.78, 5) is 38.0. The Balaban J connectivity index is 4.04. The Morgan fingerprint density at radius 2 is 0.481 bits per heavy atom. The van der Waals surface area contributed by atoms with Gasteiger partial charge < -0.3 is 14.2 Å². The summed E-state index contributed by atoms with van der Waals surface area (Å²) in [5.74, 6) is -0.934. The summed E-state index contributed by atoms with van der Waals surface area (Å²) in [6.45, 7) is 6.42. The van der Waals surface area contributed by atoms with Crippen molar-refractivity contribution in [3.63, 3.8) is 0 Å². The molecule has 6 heteroatoms. The van der Waals surface area contributed by atoms with Gasteiger partial charge in [0.15, 0.2) is 6.10 Å². The molecule has 81 heavy (non-hydrogen) atoms. The van der Waals surface area contributed by atoms with Gasteiger partial charge in [0.1, 0.15) is 13.2 Å². The van der Waals surface area contributed by atoms with Crippen LogP contribution in [0.4, 0.5) is 0 Å². The van der Waals surface area contributed by atoms with Crippen LogP contribution in [0.25, 0.3) is 0 Å². The maximum absolute atomic E-state index is 12.8. The molecule has 0 aliphatic heterocycles. The van der Waals surface area contributed by atoms with Crippen molar-refractivity contribution >= 4 is 17.9 Å². The molecular formula is C75H126O6. The van der Waals surface area contributed by atoms with Crippen molar-refractivity contribution in [1.82, 2.24) is 0 Å². The van der Waals surface area contributed by atoms with E-state index in [4.69, 9.17) is 14.2 Å². The van der Waals surface area contributed by atoms with Gasteiger partial charge in [-0.15, -0.1) is 0 Å². The van der Waals surface area contributed by atoms with Gasteiger partial charge in [-0.25, -0.2) is 0 Å². The molecule has 0 saturated heterocycles. The van der Waals surface area contributed by atoms with Crippen LogP contribution in [0.1, 0.15) is 316 Å². The van der Waals surface area contributed by atoms with Gasteiger partial charge in [0.05, 0.1) is 0 Å². The first-order valence-corrected chi connectivity index (χ1v) is 34.0. The highest BCUT2D eigenvalue weighted by atomic mass is 16.6. The highest BCUT2D eigenvalue weighted by molar-refractivity contribution is 5.71. The number of hydrogen-bond donors (Lipinski definition) is 0. The molecule has 0 aromatic heterocycles. The van der Waals surface area contributed by atoms with Gasteiger partial charge in [-0.2, -0.15) is 0 Å². The van der Waals surface area contributed by atoms with Gasteiger partial charge in [0.2, 0.25) is 0 Å². The fourth-order valence-corrected chi connectivity index (χ4v) is 9.37. The highest BCUT2D eigenvalue weighted by Gasteiger charge is 2.19. The smallest absolute Gasteiger partial charge is 0.306 e. The number of hydrogen-bond acceptors (Lipinski definition) is 6. The molecule has 0 rings (SSSR count). The number of allylic oxidation sites excluding steroid dienone is 20. The van der Waals surface area contributed by atoms with Gasteiger partial charge in [-0.3, -0.25) is 14.4 Å². The SMILES string of the molecule is CC/C=C\C/C=C\C/C=C\C/C=C\C/C=C\C/C=C\C/C=C\CCCCCC(=O)OC(COC(=O)CCCCCCC)COC(=O)CCCCCCCCCCCCCCCCCCCC/C=C\C/C=C\C/C=C\CCCCCCC. The quantitative estimate of drug-likeness (QED) is 0.0261. The Morgan fingerprint density at radius 3 is 0.765 bits per heavy atom. The van der Waals surface area contributed by atoms with Crippen molar-refractivity contribution in [2.24, 2.45) is 0 Å². The van der Waals surface area contributed by atoms with E-state index >= 15 is 0 Å². The Hall–Kier alpha value is -4.19. The van der Waals surface area contributed by atoms with Gasteiger partial charge in [0, 0.05) is 19.3 Å². The fourth-order valence-electron chi connectivity index (χ4n) is 9.37. The van der Waals surface area contributed by atoms with Crippen LogP contribution >= 0.6 is 0 Å². The second kappa shape index (κ2) is 68.3. The van der Waals surface area contributed by atoms with E-state index in [0.29, 0.717) is 12.8 Å². The van der Waals surface area contributed by atoms with E-state index in [9.17, 15) is 14.4 Å². The molecular weight excluding hydrogens is 997 g/mol. The van der Waals surface area contributed by atoms with Gasteiger partial charge in [0.25, 0.3) is 0 Å². The maximum Gasteiger partial charge on any atom is 0.306 e. The van der Waals surface area contributed by atoms with E-state index in [1.165, 1.54) is 141 Å². The average Bonchev–Trinajstić information content (AvgIpc) is 3.47. The lowest BCUT2D eigenvalue weighted by Gasteiger charge is -2.18. The van der Waals surface area contributed by atoms with E-state index in [0.717, 1.165) is 135 Å². The van der Waals surface area contributed by atoms with Crippen molar-refractivity contribution < 1.29 is 28.6 Å². The number of rotatable bonds is 61. The van der Waals surface area contributed by atoms with Crippen LogP contribution in [0.3, 0.4) is 0 Å². The van der Waals surface area contributed by atoms with Crippen LogP contribution in [0.2, 0.25) is 0 Å². The van der Waals surface area contributed by atoms with E-state index in [1.54, 1.807) is 0 Å². The summed E-state index contributed by atoms with van der Waals surface area (Å²) in [7, 11) is 0. The summed E-state index contributed by atoms with van der Waals surface area (Å²) < 4.78 is 16.8. The van der Waals surface area contributed by atoms with E-state index in [2.05, 4.69) is 142 Å². The molecule has 0 fully saturated rings. The predicted octanol–water partition coefficient (Wildman–Crippen LogP) is 23.6. The minimum Gasteiger partial charge on any atom is -0.462 e. The molecule has 0 amide bonds. The summed E-state index contributed by atoms with van der Waals surface area (Å²) in [5.41, 5.74) is 0. The standard InChI is InChI=1S/C75H126O6/c1-4-7-10-13-15-17-19-21-23-25-27-29-31-33-34-35-36-37-38-39-40-42-43-45-47-49-51-53-55-57-59-62-65-68-74(77)80-71-72(70-79-73(76)67-64-61-12-9-6-3)81-75(78)69-66-63-60-58-56-54-52-50-48-46-44-41-32-30-28-26-24-22-20-18-16-14-11-8-5-2/h8,11,16,18-19,21-22,24-25,27-28,30-31,33,41,44,48,50,54,56,72H,4-7,9-10,12-15,17,20,23,26,29,32,34-40,42-43,45-47,49,51-53,55,57-71H2,1-3H3/b11-8-,18-16-,21-19-,24-22-,27-25-,30-28-,33-31-,44-41-,50-48-,56-54-. The molecule has 0 aromatic rings. The van der Waals surface area contributed by atoms with Crippen molar-refractivity contribution in [3.8, 4) is 0 Å². The molecule has 0 aliphatic carbocycles. The van der Waals surface area contributed by atoms with Crippen molar-refractivity contribution in [3.05, 3.63) is 122 Å². The third-order valence-corrected chi connectivity index (χ3v) is 14.5. The largest absolute Gasteiger partial charge is 0.462 e. The van der Waals surface area contributed by atoms with Crippen LogP contribution < -0.4 is 0 Å². The fraction of sp³-hybridized carbons (Fsp3) is 0.693. The molecule has 1 atom stereocenters. The zero-order chi connectivity index (χ0) is 58.5. The molecule has 0 saturated carbocycles. The Morgan fingerprint density at radius 1 is 0.259 bits per heavy atom. The molecule has 0 aromatic carbocycles. The molecule has 0 heterocycles. The second-order valence-electron chi connectivity index (χ2n) is 22.4. The molecule has 1 unspecified atom stereocenters. The number of unbranched alkanes of at least 4 members (excludes halogenated alkanes) is 30. The number of carbonyl (C=O) groups excluding carboxylic acids is 3. The van der Waals surface area contributed by atoms with Crippen molar-refractivity contribution in [2.45, 2.75) is 322 Å². The van der Waals surface area contributed by atoms with Crippen LogP contribution in [0, 0.1) is 0 Å². The van der Waals surface area contributed by atoms with E-state index in [-0.39, 0.29) is 37.5 Å². The summed E-state index contributed by atoms with van der Waals surface area (Å²) in [6.07, 6.45) is 95.6. The van der Waals surface area contributed by atoms with Gasteiger partial charge in [-0.05, 0) is 116 Å². The summed E-state index contributed by atoms with van der Waals surface area (Å²) in [6, 6.07) is 0. The normalized spacial score (nSPS) is 12.9. The Labute approximate surface area is 501 Å². The van der Waals surface area contributed by atoms with E-state index in [1.807, 2.05) is 0 Å². The predicted molar refractivity (Wildman–Crippen MR) is 353 cm³/mol. The van der Waals surface area contributed by atoms with Crippen LogP contribution in [0.5, 0.6) is 0 Å². The first kappa shape index (κ1) is 76.8. The lowest BCUT2D eigenvalue weighted by molar-refractivity contribution is -0.167. The number of esters is 3.